The van der Waals surface area contributed by atoms with Gasteiger partial charge in [-0.05, 0) is 49.9 Å². The van der Waals surface area contributed by atoms with Gasteiger partial charge < -0.3 is 29.2 Å². The van der Waals surface area contributed by atoms with Crippen LogP contribution < -0.4 is 10.5 Å². The number of benzene rings is 1. The number of nitrogens with zero attached hydrogens (tertiary/aromatic N) is 4. The Morgan fingerprint density at radius 3 is 2.11 bits per heavy atom. The highest BCUT2D eigenvalue weighted by molar-refractivity contribution is 7.99. The molecule has 3 aromatic rings. The average Bonchev–Trinajstić information content (AvgIpc) is 3.87. The molecular formula is C29H38N5O11PS. The maximum atomic E-state index is 13.8. The molecule has 256 valence electrons. The SMILES string of the molecule is COc1ccc(Sc2nc(N)nc3c2ncn3CCOCP(=O)(OOC(OC=O)C2CCCC2)OOC(OC=O)C2CCCC2)cc1. The molecule has 0 spiro atoms. The molecule has 2 unspecified atom stereocenters. The van der Waals surface area contributed by atoms with Gasteiger partial charge in [-0.15, -0.1) is 9.35 Å². The van der Waals surface area contributed by atoms with E-state index in [1.54, 1.807) is 18.0 Å². The molecule has 2 fully saturated rings. The summed E-state index contributed by atoms with van der Waals surface area (Å²) in [5.41, 5.74) is 7.05. The van der Waals surface area contributed by atoms with Crippen molar-refractivity contribution in [3.63, 3.8) is 0 Å². The second-order valence-corrected chi connectivity index (χ2v) is 13.9. The number of carbonyl (C=O) groups excluding carboxylic acids is 2. The Balaban J connectivity index is 1.23. The third-order valence-electron chi connectivity index (χ3n) is 7.90. The van der Waals surface area contributed by atoms with Crippen molar-refractivity contribution in [2.75, 3.05) is 25.8 Å². The van der Waals surface area contributed by atoms with E-state index < -0.39 is 26.5 Å². The molecule has 0 aliphatic heterocycles. The predicted octanol–water partition coefficient (Wildman–Crippen LogP) is 5.01. The van der Waals surface area contributed by atoms with E-state index in [0.717, 1.165) is 62.0 Å². The third-order valence-corrected chi connectivity index (χ3v) is 10.0. The van der Waals surface area contributed by atoms with Crippen molar-refractivity contribution in [2.45, 2.75) is 80.4 Å². The van der Waals surface area contributed by atoms with Crippen LogP contribution in [0.1, 0.15) is 51.4 Å². The standard InChI is InChI=1S/C29H38N5O11PS/c1-38-22-10-12-23(13-11-22)47-26-24-25(32-29(30)33-26)34(16-31-24)14-15-39-19-46(37,44-42-27(40-17-35)20-6-2-3-7-20)45-43-28(41-18-36)21-8-4-5-9-21/h10-13,16-18,20-21,27-28H,2-9,14-15,19H2,1H3,(H2,30,32,33). The summed E-state index contributed by atoms with van der Waals surface area (Å²) in [6, 6.07) is 7.49. The molecule has 2 aliphatic rings. The lowest BCUT2D eigenvalue weighted by Gasteiger charge is -2.25. The summed E-state index contributed by atoms with van der Waals surface area (Å²) in [7, 11) is -2.71. The van der Waals surface area contributed by atoms with Crippen LogP contribution in [0.3, 0.4) is 0 Å². The van der Waals surface area contributed by atoms with Crippen molar-refractivity contribution in [3.05, 3.63) is 30.6 Å². The second-order valence-electron chi connectivity index (χ2n) is 11.1. The molecular weight excluding hydrogens is 657 g/mol. The highest BCUT2D eigenvalue weighted by atomic mass is 32.2. The Kier molecular flexibility index (Phi) is 12.8. The number of nitrogen functional groups attached to an aromatic ring is 1. The van der Waals surface area contributed by atoms with Crippen LogP contribution in [0.5, 0.6) is 5.75 Å². The molecule has 2 atom stereocenters. The van der Waals surface area contributed by atoms with Crippen LogP contribution in [0, 0.1) is 11.8 Å². The quantitative estimate of drug-likeness (QED) is 0.0315. The Bertz CT molecular complexity index is 1460. The number of hydrogen-bond donors (Lipinski definition) is 1. The lowest BCUT2D eigenvalue weighted by molar-refractivity contribution is -0.362. The summed E-state index contributed by atoms with van der Waals surface area (Å²) in [6.45, 7) is 0.734. The maximum Gasteiger partial charge on any atom is 0.409 e. The first-order valence-corrected chi connectivity index (χ1v) is 17.8. The number of rotatable bonds is 20. The fourth-order valence-electron chi connectivity index (χ4n) is 5.53. The van der Waals surface area contributed by atoms with E-state index >= 15 is 0 Å². The molecule has 2 aliphatic carbocycles. The van der Waals surface area contributed by atoms with Gasteiger partial charge in [0.1, 0.15) is 16.3 Å². The Labute approximate surface area is 275 Å². The molecule has 0 amide bonds. The van der Waals surface area contributed by atoms with Crippen LogP contribution >= 0.6 is 19.4 Å². The zero-order valence-electron chi connectivity index (χ0n) is 25.8. The highest BCUT2D eigenvalue weighted by Gasteiger charge is 2.37. The number of fused-ring (bicyclic) bond motifs is 1. The van der Waals surface area contributed by atoms with Gasteiger partial charge in [0, 0.05) is 23.3 Å². The number of imidazole rings is 1. The fourth-order valence-corrected chi connectivity index (χ4v) is 7.30. The van der Waals surface area contributed by atoms with Crippen LogP contribution in [0.2, 0.25) is 0 Å². The molecule has 2 saturated carbocycles. The van der Waals surface area contributed by atoms with Gasteiger partial charge >= 0.3 is 7.60 Å². The molecule has 5 rings (SSSR count). The molecule has 0 radical (unpaired) electrons. The van der Waals surface area contributed by atoms with E-state index in [4.69, 9.17) is 43.8 Å². The summed E-state index contributed by atoms with van der Waals surface area (Å²) in [6.07, 6.45) is 5.45. The van der Waals surface area contributed by atoms with Crippen molar-refractivity contribution < 1.29 is 52.2 Å². The zero-order chi connectivity index (χ0) is 33.1. The molecule has 0 bridgehead atoms. The fraction of sp³-hybridized carbons (Fsp3) is 0.552. The van der Waals surface area contributed by atoms with E-state index in [1.165, 1.54) is 11.8 Å². The van der Waals surface area contributed by atoms with Crippen molar-refractivity contribution in [1.29, 1.82) is 0 Å². The molecule has 2 aromatic heterocycles. The van der Waals surface area contributed by atoms with Crippen LogP contribution in [-0.4, -0.2) is 65.1 Å². The number of hydrogen-bond acceptors (Lipinski definition) is 16. The van der Waals surface area contributed by atoms with Gasteiger partial charge in [0.05, 0.1) is 20.0 Å². The molecule has 2 heterocycles. The van der Waals surface area contributed by atoms with Crippen molar-refractivity contribution >= 4 is 49.4 Å². The smallest absolute Gasteiger partial charge is 0.409 e. The summed E-state index contributed by atoms with van der Waals surface area (Å²) in [5.74, 6) is 0.518. The van der Waals surface area contributed by atoms with Gasteiger partial charge in [0.15, 0.2) is 12.0 Å². The Hall–Kier alpha value is -3.31. The van der Waals surface area contributed by atoms with Gasteiger partial charge in [-0.3, -0.25) is 14.2 Å². The highest BCUT2D eigenvalue weighted by Crippen LogP contribution is 2.50. The first kappa shape index (κ1) is 35.0. The third kappa shape index (κ3) is 9.63. The number of nitrogens with two attached hydrogens (primary N) is 1. The largest absolute Gasteiger partial charge is 0.497 e. The molecule has 1 aromatic carbocycles. The van der Waals surface area contributed by atoms with E-state index in [9.17, 15) is 14.2 Å². The number of aromatic nitrogens is 4. The summed E-state index contributed by atoms with van der Waals surface area (Å²) >= 11 is 1.38. The van der Waals surface area contributed by atoms with E-state index in [-0.39, 0.29) is 43.9 Å². The zero-order valence-corrected chi connectivity index (χ0v) is 27.6. The minimum atomic E-state index is -4.31. The molecule has 47 heavy (non-hydrogen) atoms. The monoisotopic (exact) mass is 695 g/mol. The van der Waals surface area contributed by atoms with Crippen molar-refractivity contribution in [1.82, 2.24) is 19.5 Å². The van der Waals surface area contributed by atoms with Crippen molar-refractivity contribution in [3.8, 4) is 5.75 Å². The summed E-state index contributed by atoms with van der Waals surface area (Å²) < 4.78 is 47.0. The van der Waals surface area contributed by atoms with E-state index in [0.29, 0.717) is 16.2 Å². The minimum Gasteiger partial charge on any atom is -0.497 e. The Morgan fingerprint density at radius 1 is 0.957 bits per heavy atom. The number of methoxy groups -OCH3 is 1. The average molecular weight is 696 g/mol. The van der Waals surface area contributed by atoms with Gasteiger partial charge in [0.2, 0.25) is 18.5 Å². The predicted molar refractivity (Wildman–Crippen MR) is 165 cm³/mol. The lowest BCUT2D eigenvalue weighted by atomic mass is 10.1. The minimum absolute atomic E-state index is 0.0147. The van der Waals surface area contributed by atoms with Gasteiger partial charge in [0.25, 0.3) is 12.9 Å². The van der Waals surface area contributed by atoms with E-state index in [1.807, 2.05) is 24.3 Å². The number of carbonyl (C=O) groups is 2. The maximum absolute atomic E-state index is 13.8. The van der Waals surface area contributed by atoms with Gasteiger partial charge in [-0.2, -0.15) is 14.8 Å². The first-order chi connectivity index (χ1) is 22.9. The molecule has 18 heteroatoms. The molecule has 2 N–H and O–H groups in total. The molecule has 16 nitrogen and oxygen atoms in total. The van der Waals surface area contributed by atoms with Crippen molar-refractivity contribution in [2.24, 2.45) is 11.8 Å². The van der Waals surface area contributed by atoms with Crippen LogP contribution in [0.15, 0.2) is 40.5 Å². The second kappa shape index (κ2) is 17.2. The summed E-state index contributed by atoms with van der Waals surface area (Å²) in [4.78, 5) is 47.0. The number of ether oxygens (including phenoxy) is 4. The van der Waals surface area contributed by atoms with Gasteiger partial charge in [-0.1, -0.05) is 37.4 Å². The van der Waals surface area contributed by atoms with Gasteiger partial charge in [-0.25, -0.2) is 9.97 Å². The number of anilines is 1. The van der Waals surface area contributed by atoms with Crippen LogP contribution in [0.4, 0.5) is 5.95 Å². The normalized spacial score (nSPS) is 18.1. The van der Waals surface area contributed by atoms with Crippen LogP contribution in [-0.2, 0) is 54.0 Å². The topological polar surface area (TPSA) is 195 Å². The van der Waals surface area contributed by atoms with Crippen LogP contribution in [0.25, 0.3) is 11.2 Å². The molecule has 0 saturated heterocycles. The first-order valence-electron chi connectivity index (χ1n) is 15.3. The summed E-state index contributed by atoms with van der Waals surface area (Å²) in [5, 5.41) is 0.571. The van der Waals surface area contributed by atoms with E-state index in [2.05, 4.69) is 15.0 Å². The lowest BCUT2D eigenvalue weighted by Crippen LogP contribution is -2.27. The Morgan fingerprint density at radius 2 is 1.55 bits per heavy atom.